The van der Waals surface area contributed by atoms with E-state index < -0.39 is 0 Å². The van der Waals surface area contributed by atoms with E-state index in [-0.39, 0.29) is 30.4 Å². The number of thiophene rings is 1. The predicted octanol–water partition coefficient (Wildman–Crippen LogP) is 6.31. The van der Waals surface area contributed by atoms with Crippen LogP contribution in [0.5, 0.6) is 5.75 Å². The first-order valence-electron chi connectivity index (χ1n) is 15.2. The van der Waals surface area contributed by atoms with Crippen LogP contribution in [0, 0.1) is 5.82 Å². The topological polar surface area (TPSA) is 90.3 Å². The van der Waals surface area contributed by atoms with Gasteiger partial charge in [0.15, 0.2) is 0 Å². The molecule has 0 radical (unpaired) electrons. The van der Waals surface area contributed by atoms with E-state index in [9.17, 15) is 9.18 Å². The van der Waals surface area contributed by atoms with Crippen molar-refractivity contribution in [2.45, 2.75) is 37.9 Å². The normalized spacial score (nSPS) is 17.5. The summed E-state index contributed by atoms with van der Waals surface area (Å²) in [5.41, 5.74) is 7.87. The van der Waals surface area contributed by atoms with Gasteiger partial charge in [-0.05, 0) is 72.7 Å². The lowest BCUT2D eigenvalue weighted by Crippen LogP contribution is -2.44. The number of hydrogen-bond acceptors (Lipinski definition) is 7. The molecule has 1 amide bonds. The fourth-order valence-corrected chi connectivity index (χ4v) is 7.18. The van der Waals surface area contributed by atoms with Crippen molar-refractivity contribution in [1.29, 1.82) is 0 Å². The zero-order valence-electron chi connectivity index (χ0n) is 25.0. The molecular weight excluding hydrogens is 589 g/mol. The number of halogens is 1. The Labute approximate surface area is 264 Å². The largest absolute Gasteiger partial charge is 0.490 e. The van der Waals surface area contributed by atoms with Gasteiger partial charge in [-0.3, -0.25) is 9.48 Å². The number of pyridine rings is 1. The minimum Gasteiger partial charge on any atom is -0.490 e. The monoisotopic (exact) mass is 623 g/mol. The van der Waals surface area contributed by atoms with E-state index in [1.165, 1.54) is 29.3 Å². The SMILES string of the molecule is C=CC(=O)NC1CC(n2cc(-c3nc(-c4ccc5c(c4)CCNC5)c4ccsc4c3-c3ccc(F)cc3OCCOC)cn2)C1. The molecule has 1 aliphatic carbocycles. The summed E-state index contributed by atoms with van der Waals surface area (Å²) in [5, 5.41) is 14.3. The van der Waals surface area contributed by atoms with Crippen LogP contribution in [0.15, 0.2) is 72.9 Å². The first-order valence-corrected chi connectivity index (χ1v) is 16.0. The highest BCUT2D eigenvalue weighted by Crippen LogP contribution is 2.46. The number of fused-ring (bicyclic) bond motifs is 2. The highest BCUT2D eigenvalue weighted by molar-refractivity contribution is 7.18. The Bertz CT molecular complexity index is 1890. The third kappa shape index (κ3) is 5.77. The molecule has 3 aromatic heterocycles. The Morgan fingerprint density at radius 2 is 2.04 bits per heavy atom. The molecule has 4 heterocycles. The number of aromatic nitrogens is 3. The average molecular weight is 624 g/mol. The van der Waals surface area contributed by atoms with Crippen molar-refractivity contribution in [3.63, 3.8) is 0 Å². The van der Waals surface area contributed by atoms with Gasteiger partial charge in [-0.25, -0.2) is 9.37 Å². The Kier molecular flexibility index (Phi) is 8.18. The molecule has 2 aliphatic rings. The maximum atomic E-state index is 14.6. The molecule has 2 aromatic carbocycles. The van der Waals surface area contributed by atoms with Crippen LogP contribution in [0.1, 0.15) is 30.0 Å². The Hall–Kier alpha value is -4.38. The molecule has 1 aliphatic heterocycles. The summed E-state index contributed by atoms with van der Waals surface area (Å²) in [6, 6.07) is 13.6. The standard InChI is InChI=1S/C35H34FN5O3S/c1-3-31(42)39-26-16-27(17-26)41-20-24(19-38-41)34-32(28-7-6-25(36)15-30(28)44-12-11-43-2)35-29(9-13-45-35)33(40-34)22-4-5-23-18-37-10-8-21(23)14-22/h3-7,9,13-15,19-20,26-27,37H,1,8,10-12,16-18H2,2H3,(H,39,42). The van der Waals surface area contributed by atoms with Crippen LogP contribution in [0.3, 0.4) is 0 Å². The van der Waals surface area contributed by atoms with E-state index >= 15 is 0 Å². The number of methoxy groups -OCH3 is 1. The molecule has 7 rings (SSSR count). The number of rotatable bonds is 10. The fourth-order valence-electron chi connectivity index (χ4n) is 6.23. The minimum atomic E-state index is -0.376. The smallest absolute Gasteiger partial charge is 0.243 e. The first-order chi connectivity index (χ1) is 22.0. The molecule has 0 spiro atoms. The summed E-state index contributed by atoms with van der Waals surface area (Å²) in [4.78, 5) is 17.1. The molecule has 0 saturated heterocycles. The lowest BCUT2D eigenvalue weighted by atomic mass is 9.87. The Morgan fingerprint density at radius 3 is 2.89 bits per heavy atom. The van der Waals surface area contributed by atoms with E-state index in [4.69, 9.17) is 19.6 Å². The van der Waals surface area contributed by atoms with Gasteiger partial charge in [-0.1, -0.05) is 18.7 Å². The van der Waals surface area contributed by atoms with Gasteiger partial charge in [0.05, 0.1) is 30.2 Å². The lowest BCUT2D eigenvalue weighted by molar-refractivity contribution is -0.117. The number of benzene rings is 2. The minimum absolute atomic E-state index is 0.0983. The van der Waals surface area contributed by atoms with E-state index in [1.54, 1.807) is 24.5 Å². The van der Waals surface area contributed by atoms with Gasteiger partial charge >= 0.3 is 0 Å². The van der Waals surface area contributed by atoms with Crippen molar-refractivity contribution in [3.05, 3.63) is 89.8 Å². The lowest BCUT2D eigenvalue weighted by Gasteiger charge is -2.35. The summed E-state index contributed by atoms with van der Waals surface area (Å²) in [5.74, 6) is -0.100. The molecule has 8 nitrogen and oxygen atoms in total. The van der Waals surface area contributed by atoms with Gasteiger partial charge < -0.3 is 20.1 Å². The second-order valence-corrected chi connectivity index (χ2v) is 12.4. The van der Waals surface area contributed by atoms with Crippen molar-refractivity contribution in [1.82, 2.24) is 25.4 Å². The van der Waals surface area contributed by atoms with Gasteiger partial charge in [0.1, 0.15) is 18.2 Å². The third-order valence-corrected chi connectivity index (χ3v) is 9.56. The summed E-state index contributed by atoms with van der Waals surface area (Å²) >= 11 is 1.63. The molecule has 10 heteroatoms. The maximum Gasteiger partial charge on any atom is 0.243 e. The van der Waals surface area contributed by atoms with Crippen LogP contribution in [0.25, 0.3) is 43.7 Å². The van der Waals surface area contributed by atoms with Crippen molar-refractivity contribution in [2.75, 3.05) is 26.9 Å². The number of hydrogen-bond donors (Lipinski definition) is 2. The number of nitrogens with one attached hydrogen (secondary N) is 2. The maximum absolute atomic E-state index is 14.6. The Balaban J connectivity index is 1.36. The van der Waals surface area contributed by atoms with E-state index in [0.717, 1.165) is 76.1 Å². The van der Waals surface area contributed by atoms with E-state index in [1.807, 2.05) is 17.1 Å². The fraction of sp³-hybridized carbons (Fsp3) is 0.286. The molecule has 0 unspecified atom stereocenters. The molecule has 5 aromatic rings. The number of amides is 1. The highest BCUT2D eigenvalue weighted by atomic mass is 32.1. The van der Waals surface area contributed by atoms with Crippen LogP contribution in [-0.2, 0) is 22.5 Å². The quantitative estimate of drug-likeness (QED) is 0.140. The summed E-state index contributed by atoms with van der Waals surface area (Å²) in [6.45, 7) is 6.04. The van der Waals surface area contributed by atoms with Gasteiger partial charge in [0.25, 0.3) is 0 Å². The van der Waals surface area contributed by atoms with E-state index in [0.29, 0.717) is 12.4 Å². The van der Waals surface area contributed by atoms with Crippen molar-refractivity contribution >= 4 is 27.3 Å². The molecule has 2 N–H and O–H groups in total. The van der Waals surface area contributed by atoms with Crippen molar-refractivity contribution < 1.29 is 18.7 Å². The van der Waals surface area contributed by atoms with Gasteiger partial charge in [-0.2, -0.15) is 5.10 Å². The molecule has 1 fully saturated rings. The highest BCUT2D eigenvalue weighted by Gasteiger charge is 2.32. The second kappa shape index (κ2) is 12.5. The van der Waals surface area contributed by atoms with Crippen LogP contribution in [0.2, 0.25) is 0 Å². The summed E-state index contributed by atoms with van der Waals surface area (Å²) in [6.07, 6.45) is 7.72. The van der Waals surface area contributed by atoms with Crippen molar-refractivity contribution in [2.24, 2.45) is 0 Å². The summed E-state index contributed by atoms with van der Waals surface area (Å²) in [7, 11) is 1.61. The summed E-state index contributed by atoms with van der Waals surface area (Å²) < 4.78 is 28.8. The van der Waals surface area contributed by atoms with Crippen LogP contribution in [0.4, 0.5) is 4.39 Å². The number of carbonyl (C=O) groups is 1. The van der Waals surface area contributed by atoms with Gasteiger partial charge in [0.2, 0.25) is 5.91 Å². The molecule has 45 heavy (non-hydrogen) atoms. The van der Waals surface area contributed by atoms with Crippen LogP contribution in [-0.4, -0.2) is 53.6 Å². The van der Waals surface area contributed by atoms with Crippen LogP contribution >= 0.6 is 11.3 Å². The average Bonchev–Trinajstić information content (AvgIpc) is 3.73. The van der Waals surface area contributed by atoms with Gasteiger partial charge in [-0.15, -0.1) is 11.3 Å². The molecule has 0 atom stereocenters. The number of ether oxygens (including phenoxy) is 2. The number of nitrogens with zero attached hydrogens (tertiary/aromatic N) is 3. The second-order valence-electron chi connectivity index (χ2n) is 11.5. The number of carbonyl (C=O) groups excluding carboxylic acids is 1. The molecule has 0 bridgehead atoms. The zero-order chi connectivity index (χ0) is 30.9. The van der Waals surface area contributed by atoms with Crippen molar-refractivity contribution in [3.8, 4) is 39.4 Å². The van der Waals surface area contributed by atoms with E-state index in [2.05, 4.69) is 46.9 Å². The third-order valence-electron chi connectivity index (χ3n) is 8.63. The first kappa shape index (κ1) is 29.3. The molecular formula is C35H34FN5O3S. The predicted molar refractivity (Wildman–Crippen MR) is 175 cm³/mol. The zero-order valence-corrected chi connectivity index (χ0v) is 25.8. The molecule has 1 saturated carbocycles. The van der Waals surface area contributed by atoms with Gasteiger partial charge in [0, 0.05) is 64.3 Å². The van der Waals surface area contributed by atoms with Crippen LogP contribution < -0.4 is 15.4 Å². The Morgan fingerprint density at radius 1 is 1.16 bits per heavy atom. The molecule has 230 valence electrons.